The van der Waals surface area contributed by atoms with Crippen LogP contribution in [0, 0.1) is 0 Å². The average molecular weight is 221 g/mol. The second-order valence-corrected chi connectivity index (χ2v) is 3.90. The second-order valence-electron chi connectivity index (χ2n) is 2.87. The van der Waals surface area contributed by atoms with Gasteiger partial charge in [0.05, 0.1) is 18.9 Å². The molecule has 0 unspecified atom stereocenters. The van der Waals surface area contributed by atoms with E-state index in [4.69, 9.17) is 5.84 Å². The number of anilines is 2. The molecule has 0 aliphatic heterocycles. The molecule has 0 atom stereocenters. The Balaban J connectivity index is 1.98. The molecule has 2 aromatic rings. The minimum Gasteiger partial charge on any atom is -0.364 e. The molecule has 0 fully saturated rings. The van der Waals surface area contributed by atoms with Gasteiger partial charge in [0.1, 0.15) is 5.82 Å². The number of nitrogens with zero attached hydrogens (tertiary/aromatic N) is 2. The van der Waals surface area contributed by atoms with Gasteiger partial charge in [0.15, 0.2) is 5.82 Å². The van der Waals surface area contributed by atoms with Crippen LogP contribution in [0.3, 0.4) is 0 Å². The Morgan fingerprint density at radius 3 is 2.93 bits per heavy atom. The summed E-state index contributed by atoms with van der Waals surface area (Å²) in [6, 6.07) is 4.08. The van der Waals surface area contributed by atoms with Crippen molar-refractivity contribution < 1.29 is 0 Å². The third kappa shape index (κ3) is 2.64. The van der Waals surface area contributed by atoms with Crippen molar-refractivity contribution in [1.29, 1.82) is 0 Å². The second kappa shape index (κ2) is 4.72. The van der Waals surface area contributed by atoms with Gasteiger partial charge < -0.3 is 10.7 Å². The van der Waals surface area contributed by atoms with E-state index in [1.165, 1.54) is 4.88 Å². The van der Waals surface area contributed by atoms with E-state index in [0.717, 1.165) is 6.54 Å². The van der Waals surface area contributed by atoms with E-state index in [1.807, 2.05) is 11.4 Å². The van der Waals surface area contributed by atoms with Crippen molar-refractivity contribution in [2.24, 2.45) is 5.84 Å². The van der Waals surface area contributed by atoms with Crippen molar-refractivity contribution in [3.05, 3.63) is 34.8 Å². The standard InChI is InChI=1S/C9H11N5S/c10-14-9-6-11-5-8(13-9)12-4-7-2-1-3-15-7/h1-3,5-6H,4,10H2,(H2,12,13,14). The molecule has 4 N–H and O–H groups in total. The van der Waals surface area contributed by atoms with E-state index < -0.39 is 0 Å². The van der Waals surface area contributed by atoms with Crippen LogP contribution in [0.25, 0.3) is 0 Å². The summed E-state index contributed by atoms with van der Waals surface area (Å²) in [6.45, 7) is 0.750. The van der Waals surface area contributed by atoms with Crippen LogP contribution >= 0.6 is 11.3 Å². The summed E-state index contributed by atoms with van der Waals surface area (Å²) in [5.41, 5.74) is 2.45. The van der Waals surface area contributed by atoms with Gasteiger partial charge in [0.25, 0.3) is 0 Å². The Morgan fingerprint density at radius 2 is 2.20 bits per heavy atom. The van der Waals surface area contributed by atoms with Gasteiger partial charge in [0.2, 0.25) is 0 Å². The summed E-state index contributed by atoms with van der Waals surface area (Å²) in [7, 11) is 0. The maximum atomic E-state index is 5.23. The van der Waals surface area contributed by atoms with Crippen molar-refractivity contribution >= 4 is 23.0 Å². The van der Waals surface area contributed by atoms with E-state index in [0.29, 0.717) is 11.6 Å². The molecule has 2 aromatic heterocycles. The van der Waals surface area contributed by atoms with Gasteiger partial charge in [-0.15, -0.1) is 11.3 Å². The molecule has 0 aliphatic carbocycles. The van der Waals surface area contributed by atoms with E-state index in [2.05, 4.69) is 26.8 Å². The maximum Gasteiger partial charge on any atom is 0.160 e. The van der Waals surface area contributed by atoms with E-state index in [-0.39, 0.29) is 0 Å². The van der Waals surface area contributed by atoms with Gasteiger partial charge in [-0.2, -0.15) is 0 Å². The predicted octanol–water partition coefficient (Wildman–Crippen LogP) is 1.44. The molecule has 6 heteroatoms. The summed E-state index contributed by atoms with van der Waals surface area (Å²) >= 11 is 1.70. The lowest BCUT2D eigenvalue weighted by molar-refractivity contribution is 1.09. The van der Waals surface area contributed by atoms with Crippen LogP contribution in [0.4, 0.5) is 11.6 Å². The number of hydrazine groups is 1. The number of hydrogen-bond acceptors (Lipinski definition) is 6. The zero-order valence-electron chi connectivity index (χ0n) is 7.97. The highest BCUT2D eigenvalue weighted by Gasteiger charge is 1.97. The van der Waals surface area contributed by atoms with Gasteiger partial charge in [-0.05, 0) is 11.4 Å². The number of hydrogen-bond donors (Lipinski definition) is 3. The summed E-state index contributed by atoms with van der Waals surface area (Å²) in [5, 5.41) is 5.21. The summed E-state index contributed by atoms with van der Waals surface area (Å²) in [6.07, 6.45) is 3.23. The highest BCUT2D eigenvalue weighted by atomic mass is 32.1. The minimum absolute atomic E-state index is 0.547. The molecule has 5 nitrogen and oxygen atoms in total. The van der Waals surface area contributed by atoms with Crippen LogP contribution in [0.5, 0.6) is 0 Å². The number of aromatic nitrogens is 2. The molecule has 15 heavy (non-hydrogen) atoms. The predicted molar refractivity (Wildman–Crippen MR) is 61.5 cm³/mol. The first-order chi connectivity index (χ1) is 7.38. The van der Waals surface area contributed by atoms with Crippen molar-refractivity contribution in [2.45, 2.75) is 6.54 Å². The first kappa shape index (κ1) is 9.88. The lowest BCUT2D eigenvalue weighted by Crippen LogP contribution is -2.10. The number of thiophene rings is 1. The Bertz CT molecular complexity index is 414. The average Bonchev–Trinajstić information content (AvgIpc) is 2.79. The number of nitrogens with two attached hydrogens (primary N) is 1. The van der Waals surface area contributed by atoms with Crippen LogP contribution in [0.1, 0.15) is 4.88 Å². The zero-order valence-corrected chi connectivity index (χ0v) is 8.79. The zero-order chi connectivity index (χ0) is 10.5. The molecule has 2 rings (SSSR count). The Kier molecular flexibility index (Phi) is 3.11. The first-order valence-electron chi connectivity index (χ1n) is 4.43. The van der Waals surface area contributed by atoms with Crippen molar-refractivity contribution in [3.63, 3.8) is 0 Å². The fourth-order valence-corrected chi connectivity index (χ4v) is 1.76. The van der Waals surface area contributed by atoms with Gasteiger partial charge in [-0.1, -0.05) is 6.07 Å². The van der Waals surface area contributed by atoms with Crippen molar-refractivity contribution in [3.8, 4) is 0 Å². The van der Waals surface area contributed by atoms with Crippen molar-refractivity contribution in [2.75, 3.05) is 10.7 Å². The largest absolute Gasteiger partial charge is 0.364 e. The SMILES string of the molecule is NNc1cncc(NCc2cccs2)n1. The molecule has 0 bridgehead atoms. The molecular formula is C9H11N5S. The number of nitrogens with one attached hydrogen (secondary N) is 2. The molecule has 0 amide bonds. The number of nitrogen functional groups attached to an aromatic ring is 1. The van der Waals surface area contributed by atoms with E-state index in [9.17, 15) is 0 Å². The van der Waals surface area contributed by atoms with Crippen molar-refractivity contribution in [1.82, 2.24) is 9.97 Å². The third-order valence-corrected chi connectivity index (χ3v) is 2.68. The number of rotatable bonds is 4. The fourth-order valence-electron chi connectivity index (χ4n) is 1.11. The highest BCUT2D eigenvalue weighted by molar-refractivity contribution is 7.09. The molecule has 78 valence electrons. The summed E-state index contributed by atoms with van der Waals surface area (Å²) in [5.74, 6) is 6.49. The third-order valence-electron chi connectivity index (χ3n) is 1.81. The smallest absolute Gasteiger partial charge is 0.160 e. The molecule has 0 saturated carbocycles. The van der Waals surface area contributed by atoms with Crippen LogP contribution in [-0.4, -0.2) is 9.97 Å². The van der Waals surface area contributed by atoms with E-state index in [1.54, 1.807) is 23.7 Å². The quantitative estimate of drug-likeness (QED) is 0.538. The normalized spacial score (nSPS) is 9.93. The summed E-state index contributed by atoms with van der Waals surface area (Å²) < 4.78 is 0. The fraction of sp³-hybridized carbons (Fsp3) is 0.111. The molecule has 0 saturated heterocycles. The Morgan fingerprint density at radius 1 is 1.33 bits per heavy atom. The molecule has 2 heterocycles. The van der Waals surface area contributed by atoms with Crippen LogP contribution in [0.2, 0.25) is 0 Å². The van der Waals surface area contributed by atoms with Gasteiger partial charge in [-0.3, -0.25) is 4.98 Å². The lowest BCUT2D eigenvalue weighted by Gasteiger charge is -2.04. The highest BCUT2D eigenvalue weighted by Crippen LogP contribution is 2.11. The molecule has 0 spiro atoms. The maximum absolute atomic E-state index is 5.23. The van der Waals surface area contributed by atoms with Crippen LogP contribution in [0.15, 0.2) is 29.9 Å². The Labute approximate surface area is 91.3 Å². The van der Waals surface area contributed by atoms with Crippen LogP contribution < -0.4 is 16.6 Å². The van der Waals surface area contributed by atoms with Gasteiger partial charge in [0, 0.05) is 4.88 Å². The minimum atomic E-state index is 0.547. The van der Waals surface area contributed by atoms with E-state index >= 15 is 0 Å². The Hall–Kier alpha value is -1.66. The lowest BCUT2D eigenvalue weighted by atomic mass is 10.4. The molecule has 0 aromatic carbocycles. The first-order valence-corrected chi connectivity index (χ1v) is 5.31. The van der Waals surface area contributed by atoms with Gasteiger partial charge in [-0.25, -0.2) is 10.8 Å². The molecule has 0 aliphatic rings. The summed E-state index contributed by atoms with van der Waals surface area (Å²) in [4.78, 5) is 9.43. The topological polar surface area (TPSA) is 75.9 Å². The van der Waals surface area contributed by atoms with Crippen LogP contribution in [-0.2, 0) is 6.54 Å². The molecular weight excluding hydrogens is 210 g/mol. The monoisotopic (exact) mass is 221 g/mol. The van der Waals surface area contributed by atoms with Gasteiger partial charge >= 0.3 is 0 Å². The molecule has 0 radical (unpaired) electrons.